The number of oxime groups is 1. The van der Waals surface area contributed by atoms with Crippen LogP contribution in [0, 0.1) is 5.92 Å². The number of amidine groups is 1. The largest absolute Gasteiger partial charge is 0.409 e. The van der Waals surface area contributed by atoms with E-state index in [1.807, 2.05) is 0 Å². The lowest BCUT2D eigenvalue weighted by atomic mass is 10.1. The highest BCUT2D eigenvalue weighted by Gasteiger charge is 2.24. The van der Waals surface area contributed by atoms with Gasteiger partial charge in [0, 0.05) is 18.3 Å². The van der Waals surface area contributed by atoms with Crippen LogP contribution < -0.4 is 10.5 Å². The van der Waals surface area contributed by atoms with Crippen molar-refractivity contribution in [1.82, 2.24) is 9.71 Å². The molecule has 0 bridgehead atoms. The summed E-state index contributed by atoms with van der Waals surface area (Å²) in [5, 5.41) is 11.5. The molecule has 1 atom stereocenters. The molecule has 1 rings (SSSR count). The van der Waals surface area contributed by atoms with Crippen molar-refractivity contribution >= 4 is 15.9 Å². The first-order chi connectivity index (χ1) is 9.35. The van der Waals surface area contributed by atoms with Crippen LogP contribution in [-0.2, 0) is 16.4 Å². The molecule has 7 nitrogen and oxygen atoms in total. The molecule has 0 aliphatic heterocycles. The zero-order valence-corrected chi connectivity index (χ0v) is 12.3. The maximum Gasteiger partial charge on any atom is 0.212 e. The highest BCUT2D eigenvalue weighted by molar-refractivity contribution is 7.89. The number of rotatable bonds is 7. The van der Waals surface area contributed by atoms with E-state index in [0.29, 0.717) is 12.1 Å². The summed E-state index contributed by atoms with van der Waals surface area (Å²) in [7, 11) is -3.54. The van der Waals surface area contributed by atoms with Crippen LogP contribution in [0.5, 0.6) is 0 Å². The summed E-state index contributed by atoms with van der Waals surface area (Å²) >= 11 is 0. The minimum atomic E-state index is -3.54. The molecule has 0 aliphatic rings. The summed E-state index contributed by atoms with van der Waals surface area (Å²) in [4.78, 5) is 4.07. The van der Waals surface area contributed by atoms with Gasteiger partial charge in [-0.25, -0.2) is 13.1 Å². The minimum Gasteiger partial charge on any atom is -0.409 e. The van der Waals surface area contributed by atoms with Gasteiger partial charge in [0.05, 0.1) is 11.8 Å². The molecule has 0 spiro atoms. The molecular weight excluding hydrogens is 280 g/mol. The fraction of sp³-hybridized carbons (Fsp3) is 0.500. The van der Waals surface area contributed by atoms with Gasteiger partial charge in [0.1, 0.15) is 0 Å². The van der Waals surface area contributed by atoms with Crippen LogP contribution in [0.1, 0.15) is 19.5 Å². The standard InChI is InChI=1S/C12H20N4O3S/c1-9(2)11(12(13)15-17)16-20(18,19)8-6-10-5-3-4-7-14-10/h3-5,7,9,11,16-17H,6,8H2,1-2H3,(H2,13,15). The van der Waals surface area contributed by atoms with Crippen LogP contribution in [0.25, 0.3) is 0 Å². The molecule has 1 aromatic rings. The molecule has 0 saturated carbocycles. The summed E-state index contributed by atoms with van der Waals surface area (Å²) in [6, 6.07) is 4.60. The van der Waals surface area contributed by atoms with Gasteiger partial charge in [0.2, 0.25) is 10.0 Å². The Morgan fingerprint density at radius 2 is 2.20 bits per heavy atom. The zero-order valence-electron chi connectivity index (χ0n) is 11.5. The Labute approximate surface area is 118 Å². The van der Waals surface area contributed by atoms with Crippen LogP contribution in [0.15, 0.2) is 29.6 Å². The Morgan fingerprint density at radius 3 is 2.70 bits per heavy atom. The number of aromatic nitrogens is 1. The molecule has 0 amide bonds. The second-order valence-corrected chi connectivity index (χ2v) is 6.63. The highest BCUT2D eigenvalue weighted by Crippen LogP contribution is 2.05. The monoisotopic (exact) mass is 300 g/mol. The fourth-order valence-electron chi connectivity index (χ4n) is 1.64. The summed E-state index contributed by atoms with van der Waals surface area (Å²) in [6.07, 6.45) is 1.92. The molecule has 8 heteroatoms. The minimum absolute atomic E-state index is 0.105. The van der Waals surface area contributed by atoms with E-state index in [0.717, 1.165) is 0 Å². The number of nitrogens with two attached hydrogens (primary N) is 1. The van der Waals surface area contributed by atoms with E-state index < -0.39 is 16.1 Å². The van der Waals surface area contributed by atoms with Crippen molar-refractivity contribution in [2.75, 3.05) is 5.75 Å². The van der Waals surface area contributed by atoms with E-state index in [2.05, 4.69) is 14.9 Å². The third-order valence-electron chi connectivity index (χ3n) is 2.76. The molecule has 1 aromatic heterocycles. The Kier molecular flexibility index (Phi) is 5.90. The van der Waals surface area contributed by atoms with Crippen molar-refractivity contribution in [1.29, 1.82) is 0 Å². The van der Waals surface area contributed by atoms with Gasteiger partial charge < -0.3 is 10.9 Å². The average Bonchev–Trinajstić information content (AvgIpc) is 2.43. The number of sulfonamides is 1. The molecular formula is C12H20N4O3S. The van der Waals surface area contributed by atoms with Crippen molar-refractivity contribution in [2.24, 2.45) is 16.8 Å². The predicted molar refractivity (Wildman–Crippen MR) is 76.9 cm³/mol. The molecule has 1 unspecified atom stereocenters. The second kappa shape index (κ2) is 7.20. The normalized spacial score (nSPS) is 14.4. The molecule has 0 aromatic carbocycles. The molecule has 112 valence electrons. The fourth-order valence-corrected chi connectivity index (χ4v) is 3.01. The lowest BCUT2D eigenvalue weighted by Gasteiger charge is -2.20. The Bertz CT molecular complexity index is 543. The summed E-state index contributed by atoms with van der Waals surface area (Å²) in [6.45, 7) is 3.56. The summed E-state index contributed by atoms with van der Waals surface area (Å²) < 4.78 is 26.5. The molecule has 0 saturated heterocycles. The van der Waals surface area contributed by atoms with E-state index in [1.165, 1.54) is 0 Å². The van der Waals surface area contributed by atoms with E-state index >= 15 is 0 Å². The zero-order chi connectivity index (χ0) is 15.2. The number of aryl methyl sites for hydroxylation is 1. The molecule has 0 fully saturated rings. The third-order valence-corrected chi connectivity index (χ3v) is 4.12. The van der Waals surface area contributed by atoms with Gasteiger partial charge >= 0.3 is 0 Å². The van der Waals surface area contributed by atoms with Gasteiger partial charge in [-0.05, 0) is 18.1 Å². The van der Waals surface area contributed by atoms with Gasteiger partial charge in [-0.1, -0.05) is 25.1 Å². The predicted octanol–water partition coefficient (Wildman–Crippen LogP) is 0.315. The SMILES string of the molecule is CC(C)C(NS(=O)(=O)CCc1ccccn1)C(N)=NO. The highest BCUT2D eigenvalue weighted by atomic mass is 32.2. The summed E-state index contributed by atoms with van der Waals surface area (Å²) in [5.41, 5.74) is 6.19. The van der Waals surface area contributed by atoms with Crippen LogP contribution in [0.3, 0.4) is 0 Å². The lowest BCUT2D eigenvalue weighted by molar-refractivity contribution is 0.313. The van der Waals surface area contributed by atoms with Gasteiger partial charge in [-0.15, -0.1) is 0 Å². The first kappa shape index (κ1) is 16.4. The lowest BCUT2D eigenvalue weighted by Crippen LogP contribution is -2.48. The average molecular weight is 300 g/mol. The van der Waals surface area contributed by atoms with Gasteiger partial charge in [0.25, 0.3) is 0 Å². The van der Waals surface area contributed by atoms with Crippen molar-refractivity contribution < 1.29 is 13.6 Å². The summed E-state index contributed by atoms with van der Waals surface area (Å²) in [5.74, 6) is -0.386. The first-order valence-corrected chi connectivity index (χ1v) is 7.88. The van der Waals surface area contributed by atoms with E-state index in [9.17, 15) is 8.42 Å². The van der Waals surface area contributed by atoms with Crippen LogP contribution in [-0.4, -0.2) is 36.2 Å². The molecule has 0 aliphatic carbocycles. The number of hydrogen-bond acceptors (Lipinski definition) is 5. The molecule has 20 heavy (non-hydrogen) atoms. The second-order valence-electron chi connectivity index (χ2n) is 4.75. The maximum absolute atomic E-state index is 12.0. The van der Waals surface area contributed by atoms with E-state index in [4.69, 9.17) is 10.9 Å². The Hall–Kier alpha value is -1.67. The molecule has 1 heterocycles. The topological polar surface area (TPSA) is 118 Å². The van der Waals surface area contributed by atoms with E-state index in [-0.39, 0.29) is 17.5 Å². The molecule has 4 N–H and O–H groups in total. The number of pyridine rings is 1. The Morgan fingerprint density at radius 1 is 1.50 bits per heavy atom. The van der Waals surface area contributed by atoms with Crippen molar-refractivity contribution in [3.05, 3.63) is 30.1 Å². The van der Waals surface area contributed by atoms with Crippen LogP contribution in [0.2, 0.25) is 0 Å². The third kappa shape index (κ3) is 5.14. The van der Waals surface area contributed by atoms with Gasteiger partial charge in [-0.3, -0.25) is 4.98 Å². The van der Waals surface area contributed by atoms with E-state index in [1.54, 1.807) is 38.2 Å². The van der Waals surface area contributed by atoms with Crippen molar-refractivity contribution in [2.45, 2.75) is 26.3 Å². The maximum atomic E-state index is 12.0. The Balaban J connectivity index is 2.69. The first-order valence-electron chi connectivity index (χ1n) is 6.23. The van der Waals surface area contributed by atoms with Crippen molar-refractivity contribution in [3.63, 3.8) is 0 Å². The van der Waals surface area contributed by atoms with Crippen molar-refractivity contribution in [3.8, 4) is 0 Å². The van der Waals surface area contributed by atoms with Gasteiger partial charge in [-0.2, -0.15) is 0 Å². The van der Waals surface area contributed by atoms with Crippen LogP contribution >= 0.6 is 0 Å². The smallest absolute Gasteiger partial charge is 0.212 e. The number of hydrogen-bond donors (Lipinski definition) is 3. The molecule has 0 radical (unpaired) electrons. The number of nitrogens with one attached hydrogen (secondary N) is 1. The van der Waals surface area contributed by atoms with Crippen LogP contribution in [0.4, 0.5) is 0 Å². The van der Waals surface area contributed by atoms with Gasteiger partial charge in [0.15, 0.2) is 5.84 Å². The number of nitrogens with zero attached hydrogens (tertiary/aromatic N) is 2. The quantitative estimate of drug-likeness (QED) is 0.290.